The molecule has 4 fully saturated rings. The molecule has 7 amide bonds. The minimum atomic E-state index is -2.04. The fraction of sp³-hybridized carbons (Fsp3) is 0.571. The first-order valence-electron chi connectivity index (χ1n) is 31.5. The summed E-state index contributed by atoms with van der Waals surface area (Å²) in [5.74, 6) is -8.13. The van der Waals surface area contributed by atoms with E-state index >= 15 is 0 Å². The molecule has 29 nitrogen and oxygen atoms in total. The number of amides is 7. The maximum Gasteiger partial charge on any atom is 0.251 e. The molecule has 4 aliphatic rings. The van der Waals surface area contributed by atoms with Crippen molar-refractivity contribution in [2.24, 2.45) is 23.3 Å². The number of benzene rings is 3. The zero-order valence-electron chi connectivity index (χ0n) is 52.4. The fourth-order valence-electron chi connectivity index (χ4n) is 11.9. The Balaban J connectivity index is 1.02. The molecule has 4 saturated heterocycles. The number of methoxy groups -OCH3 is 1. The maximum atomic E-state index is 14.7. The molecule has 508 valence electrons. The number of phenols is 1. The van der Waals surface area contributed by atoms with Crippen LogP contribution in [0.25, 0.3) is 21.1 Å². The number of aromatic hydroxyl groups is 1. The summed E-state index contributed by atoms with van der Waals surface area (Å²) < 4.78 is 16.6. The van der Waals surface area contributed by atoms with Gasteiger partial charge in [0.1, 0.15) is 52.9 Å². The Kier molecular flexibility index (Phi) is 25.8. The normalized spacial score (nSPS) is 25.8. The number of aliphatic hydroxyl groups is 6. The van der Waals surface area contributed by atoms with Crippen LogP contribution in [0.15, 0.2) is 66.7 Å². The standard InChI is InChI=1S/C63H88N12O17S/c1-34-31-75-53(54(34)82)59(87)66-30-42(77)28-44(67-55(83)38-7-9-39(10-8-38)60-71-72-61(93-60)40-11-13-41(14-12-40)73-21-17-36(18-22-73)33-91-24-5-4-23-90-3)56(84)68-50(35(2)76)62(88)74-32-43(78)29-45(74)57(85)69-51(58(86)70-52(63(75)89)47(80)16-19-64)48(81)26-37-6-15-46(79)49(27-37)92-25-20-65/h6-15,27,34-36,42-45,47-48,50-54,76-82H,4-5,16-26,28-33,64-65H2,1-3H3,(H,66,87)(H,67,83)(H,68,84)(H,69,85)(H,70,86)/t34-,35+,42+,43+,44?,45-,47+,48+,50-,51-,52-,53-,54-/m0/s1. The highest BCUT2D eigenvalue weighted by Gasteiger charge is 2.50. The van der Waals surface area contributed by atoms with Crippen molar-refractivity contribution in [2.45, 2.75) is 138 Å². The van der Waals surface area contributed by atoms with E-state index in [2.05, 4.69) is 53.8 Å². The van der Waals surface area contributed by atoms with Gasteiger partial charge < -0.3 is 103 Å². The van der Waals surface area contributed by atoms with E-state index in [-0.39, 0.29) is 55.3 Å². The van der Waals surface area contributed by atoms with Gasteiger partial charge >= 0.3 is 0 Å². The Morgan fingerprint density at radius 3 is 2.04 bits per heavy atom. The summed E-state index contributed by atoms with van der Waals surface area (Å²) in [6, 6.07) is 7.39. The number of phenolic OH excluding ortho intramolecular Hbond substituents is 1. The predicted molar refractivity (Wildman–Crippen MR) is 339 cm³/mol. The molecule has 13 atom stereocenters. The topological polar surface area (TPSA) is 436 Å². The summed E-state index contributed by atoms with van der Waals surface area (Å²) in [5, 5.41) is 102. The van der Waals surface area contributed by atoms with E-state index in [9.17, 15) is 69.3 Å². The van der Waals surface area contributed by atoms with Gasteiger partial charge in [0.25, 0.3) is 5.91 Å². The zero-order chi connectivity index (χ0) is 67.0. The summed E-state index contributed by atoms with van der Waals surface area (Å²) in [6.07, 6.45) is -7.82. The monoisotopic (exact) mass is 1320 g/mol. The van der Waals surface area contributed by atoms with E-state index in [1.54, 1.807) is 19.2 Å². The number of anilines is 1. The molecule has 8 rings (SSSR count). The SMILES string of the molecule is COCCCCOCC1CCN(c2ccc(-c3nnc(-c4ccc(C(=O)NC5C[C@@H](O)CNC(=O)[C@@H]6[C@@H](O)[C@@H](C)CN6C(=O)[C@H]([C@H](O)CCN)NC(=O)[C@H]([C@H](O)Cc6ccc(O)c(OCCN)c6)NC(=O)[C@@H]6C[C@@H](O)CN6C(=O)[C@H]([C@@H](C)O)NC5=O)cc4)s3)cc2)CC1. The van der Waals surface area contributed by atoms with Crippen LogP contribution in [-0.2, 0) is 44.7 Å². The first kappa shape index (κ1) is 71.4. The van der Waals surface area contributed by atoms with Gasteiger partial charge in [0.15, 0.2) is 11.5 Å². The number of fused-ring (bicyclic) bond motifs is 2. The van der Waals surface area contributed by atoms with Crippen LogP contribution in [-0.4, -0.2) is 249 Å². The summed E-state index contributed by atoms with van der Waals surface area (Å²) in [5.41, 5.74) is 14.3. The molecular formula is C63H88N12O17S. The minimum Gasteiger partial charge on any atom is -0.504 e. The zero-order valence-corrected chi connectivity index (χ0v) is 53.2. The van der Waals surface area contributed by atoms with E-state index in [0.29, 0.717) is 21.5 Å². The lowest BCUT2D eigenvalue weighted by atomic mass is 9.97. The predicted octanol–water partition coefficient (Wildman–Crippen LogP) is -2.13. The Morgan fingerprint density at radius 2 is 1.39 bits per heavy atom. The van der Waals surface area contributed by atoms with Crippen LogP contribution in [0.4, 0.5) is 5.69 Å². The highest BCUT2D eigenvalue weighted by molar-refractivity contribution is 7.17. The number of nitrogens with zero attached hydrogens (tertiary/aromatic N) is 5. The maximum absolute atomic E-state index is 14.7. The van der Waals surface area contributed by atoms with E-state index in [1.165, 1.54) is 48.6 Å². The molecule has 16 N–H and O–H groups in total. The van der Waals surface area contributed by atoms with Gasteiger partial charge in [-0.2, -0.15) is 0 Å². The van der Waals surface area contributed by atoms with Crippen molar-refractivity contribution in [3.05, 3.63) is 77.9 Å². The smallest absolute Gasteiger partial charge is 0.251 e. The summed E-state index contributed by atoms with van der Waals surface area (Å²) >= 11 is 1.34. The average molecular weight is 1320 g/mol. The van der Waals surface area contributed by atoms with Gasteiger partial charge in [0, 0.05) is 114 Å². The highest BCUT2D eigenvalue weighted by atomic mass is 32.1. The van der Waals surface area contributed by atoms with Crippen molar-refractivity contribution < 1.29 is 83.5 Å². The molecule has 93 heavy (non-hydrogen) atoms. The second-order valence-electron chi connectivity index (χ2n) is 24.3. The Hall–Kier alpha value is -7.49. The molecule has 0 radical (unpaired) electrons. The van der Waals surface area contributed by atoms with Crippen LogP contribution in [0.5, 0.6) is 11.5 Å². The van der Waals surface area contributed by atoms with Gasteiger partial charge in [0.2, 0.25) is 35.4 Å². The number of hydrogen-bond acceptors (Lipinski definition) is 23. The van der Waals surface area contributed by atoms with Crippen LogP contribution in [0, 0.1) is 11.8 Å². The molecule has 0 saturated carbocycles. The Labute approximate surface area is 542 Å². The lowest BCUT2D eigenvalue weighted by molar-refractivity contribution is -0.147. The van der Waals surface area contributed by atoms with Crippen LogP contribution >= 0.6 is 11.3 Å². The number of piperidine rings is 1. The van der Waals surface area contributed by atoms with Crippen LogP contribution in [0.1, 0.15) is 74.7 Å². The molecule has 0 spiro atoms. The van der Waals surface area contributed by atoms with Gasteiger partial charge in [-0.3, -0.25) is 33.6 Å². The van der Waals surface area contributed by atoms with Gasteiger partial charge in [-0.15, -0.1) is 10.2 Å². The first-order chi connectivity index (χ1) is 44.6. The van der Waals surface area contributed by atoms with Gasteiger partial charge in [0.05, 0.1) is 36.6 Å². The first-order valence-corrected chi connectivity index (χ1v) is 32.3. The number of rotatable bonds is 22. The van der Waals surface area contributed by atoms with Crippen molar-refractivity contribution in [3.8, 4) is 32.6 Å². The molecule has 0 bridgehead atoms. The van der Waals surface area contributed by atoms with Crippen LogP contribution in [0.3, 0.4) is 0 Å². The third-order valence-corrected chi connectivity index (χ3v) is 18.2. The van der Waals surface area contributed by atoms with E-state index in [0.717, 1.165) is 86.6 Å². The number of nitrogens with two attached hydrogens (primary N) is 2. The number of aromatic nitrogens is 2. The molecule has 30 heteroatoms. The number of aliphatic hydroxyl groups excluding tert-OH is 6. The Morgan fingerprint density at radius 1 is 0.742 bits per heavy atom. The fourth-order valence-corrected chi connectivity index (χ4v) is 12.8. The second kappa shape index (κ2) is 33.6. The number of ether oxygens (including phenoxy) is 3. The summed E-state index contributed by atoms with van der Waals surface area (Å²) in [7, 11) is 1.70. The number of nitrogens with one attached hydrogen (secondary N) is 5. The molecule has 1 unspecified atom stereocenters. The van der Waals surface area contributed by atoms with E-state index < -0.39 is 152 Å². The molecule has 0 aliphatic carbocycles. The van der Waals surface area contributed by atoms with Crippen LogP contribution in [0.2, 0.25) is 0 Å². The van der Waals surface area contributed by atoms with E-state index in [1.807, 2.05) is 12.1 Å². The lowest BCUT2D eigenvalue weighted by Gasteiger charge is -2.34. The quantitative estimate of drug-likeness (QED) is 0.0374. The van der Waals surface area contributed by atoms with E-state index in [4.69, 9.17) is 25.7 Å². The molecular weight excluding hydrogens is 1230 g/mol. The minimum absolute atomic E-state index is 0.00542. The molecule has 3 aromatic carbocycles. The average Bonchev–Trinajstić information content (AvgIpc) is 1.99. The molecule has 4 aromatic rings. The molecule has 4 aliphatic heterocycles. The number of carbonyl (C=O) groups is 7. The van der Waals surface area contributed by atoms with Crippen molar-refractivity contribution in [1.29, 1.82) is 0 Å². The van der Waals surface area contributed by atoms with Crippen molar-refractivity contribution in [2.75, 3.05) is 84.3 Å². The number of hydrogen-bond donors (Lipinski definition) is 14. The number of carbonyl (C=O) groups excluding carboxylic acids is 7. The van der Waals surface area contributed by atoms with Gasteiger partial charge in [-0.1, -0.05) is 36.5 Å². The molecule has 1 aromatic heterocycles. The summed E-state index contributed by atoms with van der Waals surface area (Å²) in [6.45, 7) is 5.15. The van der Waals surface area contributed by atoms with Gasteiger partial charge in [-0.05, 0) is 106 Å². The van der Waals surface area contributed by atoms with Crippen molar-refractivity contribution in [3.63, 3.8) is 0 Å². The van der Waals surface area contributed by atoms with Gasteiger partial charge in [-0.25, -0.2) is 0 Å². The number of β-amino-alcohol motifs (C(OH)–C–C–N with tert-alkyl or cyclic N) is 1. The van der Waals surface area contributed by atoms with Crippen LogP contribution < -0.4 is 47.7 Å². The number of unbranched alkanes of at least 4 members (excludes halogenated alkanes) is 1. The molecule has 5 heterocycles. The van der Waals surface area contributed by atoms with Crippen molar-refractivity contribution in [1.82, 2.24) is 46.6 Å². The largest absolute Gasteiger partial charge is 0.504 e. The third kappa shape index (κ3) is 18.5. The lowest BCUT2D eigenvalue weighted by Crippen LogP contribution is -2.64. The third-order valence-electron chi connectivity index (χ3n) is 17.2. The summed E-state index contributed by atoms with van der Waals surface area (Å²) in [4.78, 5) is 106. The van der Waals surface area contributed by atoms with Crippen molar-refractivity contribution >= 4 is 58.4 Å². The highest BCUT2D eigenvalue weighted by Crippen LogP contribution is 2.34. The second-order valence-corrected chi connectivity index (χ2v) is 25.2. The Bertz CT molecular complexity index is 3170.